The minimum Gasteiger partial charge on any atom is -0.324 e. The third kappa shape index (κ3) is 4.79. The number of carbonyl (C=O) groups excluding carboxylic acids is 1. The standard InChI is InChI=1S/C18H21FN2O3S/c1-12-8-13(2)10-17(9-12)21(25(4,23)24)14(3)18(22)20-16-7-5-6-15(19)11-16/h5-11,14H,1-4H3,(H,20,22)/t14-/m0/s1. The van der Waals surface area contributed by atoms with Gasteiger partial charge < -0.3 is 5.32 Å². The van der Waals surface area contributed by atoms with Gasteiger partial charge in [-0.1, -0.05) is 12.1 Å². The third-order valence-corrected chi connectivity index (χ3v) is 4.88. The van der Waals surface area contributed by atoms with Crippen molar-refractivity contribution in [3.8, 4) is 0 Å². The molecule has 25 heavy (non-hydrogen) atoms. The maximum Gasteiger partial charge on any atom is 0.247 e. The molecule has 0 saturated heterocycles. The lowest BCUT2D eigenvalue weighted by molar-refractivity contribution is -0.116. The Morgan fingerprint density at radius 1 is 1.12 bits per heavy atom. The van der Waals surface area contributed by atoms with Gasteiger partial charge in [0.05, 0.1) is 11.9 Å². The van der Waals surface area contributed by atoms with Crippen LogP contribution in [0.4, 0.5) is 15.8 Å². The van der Waals surface area contributed by atoms with Gasteiger partial charge >= 0.3 is 0 Å². The predicted molar refractivity (Wildman–Crippen MR) is 97.7 cm³/mol. The molecule has 0 aliphatic rings. The third-order valence-electron chi connectivity index (χ3n) is 3.64. The molecule has 0 bridgehead atoms. The molecule has 0 aliphatic carbocycles. The number of hydrogen-bond donors (Lipinski definition) is 1. The van der Waals surface area contributed by atoms with Crippen molar-refractivity contribution < 1.29 is 17.6 Å². The summed E-state index contributed by atoms with van der Waals surface area (Å²) in [5.41, 5.74) is 2.47. The number of nitrogens with one attached hydrogen (secondary N) is 1. The molecule has 0 aliphatic heterocycles. The molecule has 0 unspecified atom stereocenters. The molecule has 2 rings (SSSR count). The first kappa shape index (κ1) is 18.9. The van der Waals surface area contributed by atoms with Gasteiger partial charge in [0.2, 0.25) is 15.9 Å². The molecular formula is C18H21FN2O3S. The first-order chi connectivity index (χ1) is 11.6. The Morgan fingerprint density at radius 2 is 1.72 bits per heavy atom. The Kier molecular flexibility index (Phi) is 5.47. The van der Waals surface area contributed by atoms with Crippen molar-refractivity contribution in [1.82, 2.24) is 0 Å². The highest BCUT2D eigenvalue weighted by Gasteiger charge is 2.29. The molecule has 0 fully saturated rings. The van der Waals surface area contributed by atoms with E-state index in [0.29, 0.717) is 5.69 Å². The van der Waals surface area contributed by atoms with Gasteiger partial charge in [0.25, 0.3) is 0 Å². The van der Waals surface area contributed by atoms with Crippen LogP contribution in [-0.2, 0) is 14.8 Å². The lowest BCUT2D eigenvalue weighted by atomic mass is 10.1. The van der Waals surface area contributed by atoms with Crippen molar-refractivity contribution in [2.75, 3.05) is 15.9 Å². The molecule has 0 radical (unpaired) electrons. The maximum absolute atomic E-state index is 13.3. The first-order valence-electron chi connectivity index (χ1n) is 7.72. The van der Waals surface area contributed by atoms with E-state index in [4.69, 9.17) is 0 Å². The minimum absolute atomic E-state index is 0.269. The van der Waals surface area contributed by atoms with E-state index in [-0.39, 0.29) is 5.69 Å². The summed E-state index contributed by atoms with van der Waals surface area (Å²) in [6.45, 7) is 5.20. The van der Waals surface area contributed by atoms with E-state index in [9.17, 15) is 17.6 Å². The van der Waals surface area contributed by atoms with Crippen molar-refractivity contribution in [3.05, 3.63) is 59.4 Å². The van der Waals surface area contributed by atoms with Gasteiger partial charge in [0, 0.05) is 5.69 Å². The van der Waals surface area contributed by atoms with Gasteiger partial charge in [0.1, 0.15) is 11.9 Å². The van der Waals surface area contributed by atoms with Crippen LogP contribution in [0.25, 0.3) is 0 Å². The SMILES string of the molecule is Cc1cc(C)cc(N([C@@H](C)C(=O)Nc2cccc(F)c2)S(C)(=O)=O)c1. The van der Waals surface area contributed by atoms with E-state index < -0.39 is 27.8 Å². The van der Waals surface area contributed by atoms with E-state index in [2.05, 4.69) is 5.32 Å². The van der Waals surface area contributed by atoms with Crippen molar-refractivity contribution >= 4 is 27.3 Å². The smallest absolute Gasteiger partial charge is 0.247 e. The molecule has 2 aromatic carbocycles. The molecular weight excluding hydrogens is 343 g/mol. The van der Waals surface area contributed by atoms with Crippen LogP contribution in [-0.4, -0.2) is 26.6 Å². The Bertz CT molecular complexity index is 877. The van der Waals surface area contributed by atoms with Crippen LogP contribution in [0.15, 0.2) is 42.5 Å². The number of carbonyl (C=O) groups is 1. The quantitative estimate of drug-likeness (QED) is 0.886. The lowest BCUT2D eigenvalue weighted by Crippen LogP contribution is -2.45. The molecule has 1 N–H and O–H groups in total. The topological polar surface area (TPSA) is 66.5 Å². The Balaban J connectivity index is 2.36. The molecule has 5 nitrogen and oxygen atoms in total. The number of hydrogen-bond acceptors (Lipinski definition) is 3. The van der Waals surface area contributed by atoms with Crippen LogP contribution in [0.1, 0.15) is 18.1 Å². The zero-order chi connectivity index (χ0) is 18.8. The van der Waals surface area contributed by atoms with Crippen molar-refractivity contribution in [3.63, 3.8) is 0 Å². The lowest BCUT2D eigenvalue weighted by Gasteiger charge is -2.28. The molecule has 0 spiro atoms. The number of halogens is 1. The van der Waals surface area contributed by atoms with Crippen LogP contribution in [0.3, 0.4) is 0 Å². The number of sulfonamides is 1. The fourth-order valence-electron chi connectivity index (χ4n) is 2.70. The Labute approximate surface area is 147 Å². The second-order valence-corrected chi connectivity index (χ2v) is 7.94. The van der Waals surface area contributed by atoms with Crippen LogP contribution < -0.4 is 9.62 Å². The normalized spacial score (nSPS) is 12.5. The summed E-state index contributed by atoms with van der Waals surface area (Å²) in [5, 5.41) is 2.55. The Hall–Kier alpha value is -2.41. The molecule has 0 aromatic heterocycles. The molecule has 7 heteroatoms. The number of anilines is 2. The summed E-state index contributed by atoms with van der Waals surface area (Å²) < 4.78 is 38.9. The van der Waals surface area contributed by atoms with Crippen LogP contribution in [0.5, 0.6) is 0 Å². The number of benzene rings is 2. The van der Waals surface area contributed by atoms with E-state index in [0.717, 1.165) is 21.7 Å². The fourth-order valence-corrected chi connectivity index (χ4v) is 3.86. The van der Waals surface area contributed by atoms with E-state index >= 15 is 0 Å². The predicted octanol–water partition coefficient (Wildman–Crippen LogP) is 3.24. The molecule has 2 aromatic rings. The summed E-state index contributed by atoms with van der Waals surface area (Å²) in [6, 6.07) is 9.77. The number of aryl methyl sites for hydroxylation is 2. The van der Waals surface area contributed by atoms with Crippen molar-refractivity contribution in [2.45, 2.75) is 26.8 Å². The summed E-state index contributed by atoms with van der Waals surface area (Å²) >= 11 is 0. The summed E-state index contributed by atoms with van der Waals surface area (Å²) in [6.07, 6.45) is 1.05. The number of amides is 1. The fraction of sp³-hybridized carbons (Fsp3) is 0.278. The summed E-state index contributed by atoms with van der Waals surface area (Å²) in [4.78, 5) is 12.5. The second kappa shape index (κ2) is 7.23. The first-order valence-corrected chi connectivity index (χ1v) is 9.57. The zero-order valence-electron chi connectivity index (χ0n) is 14.6. The second-order valence-electron chi connectivity index (χ2n) is 6.08. The zero-order valence-corrected chi connectivity index (χ0v) is 15.4. The number of rotatable bonds is 5. The van der Waals surface area contributed by atoms with Gasteiger partial charge in [-0.25, -0.2) is 12.8 Å². The van der Waals surface area contributed by atoms with E-state index in [1.54, 1.807) is 12.1 Å². The van der Waals surface area contributed by atoms with Gasteiger partial charge in [-0.15, -0.1) is 0 Å². The van der Waals surface area contributed by atoms with Crippen LogP contribution in [0.2, 0.25) is 0 Å². The molecule has 0 saturated carbocycles. The average Bonchev–Trinajstić information content (AvgIpc) is 2.44. The van der Waals surface area contributed by atoms with Crippen molar-refractivity contribution in [2.24, 2.45) is 0 Å². The van der Waals surface area contributed by atoms with Gasteiger partial charge in [-0.2, -0.15) is 0 Å². The molecule has 1 atom stereocenters. The van der Waals surface area contributed by atoms with Crippen LogP contribution in [0, 0.1) is 19.7 Å². The minimum atomic E-state index is -3.70. The molecule has 134 valence electrons. The molecule has 0 heterocycles. The van der Waals surface area contributed by atoms with E-state index in [1.165, 1.54) is 31.2 Å². The average molecular weight is 364 g/mol. The molecule has 1 amide bonds. The number of nitrogens with zero attached hydrogens (tertiary/aromatic N) is 1. The Morgan fingerprint density at radius 3 is 2.24 bits per heavy atom. The largest absolute Gasteiger partial charge is 0.324 e. The highest BCUT2D eigenvalue weighted by molar-refractivity contribution is 7.92. The summed E-state index contributed by atoms with van der Waals surface area (Å²) in [7, 11) is -3.70. The highest BCUT2D eigenvalue weighted by atomic mass is 32.2. The maximum atomic E-state index is 13.3. The monoisotopic (exact) mass is 364 g/mol. The summed E-state index contributed by atoms with van der Waals surface area (Å²) in [5.74, 6) is -1.03. The van der Waals surface area contributed by atoms with Crippen LogP contribution >= 0.6 is 0 Å². The van der Waals surface area contributed by atoms with E-state index in [1.807, 2.05) is 19.9 Å². The van der Waals surface area contributed by atoms with Gasteiger partial charge in [-0.3, -0.25) is 9.10 Å². The van der Waals surface area contributed by atoms with Gasteiger partial charge in [0.15, 0.2) is 0 Å². The van der Waals surface area contributed by atoms with Crippen molar-refractivity contribution in [1.29, 1.82) is 0 Å². The highest BCUT2D eigenvalue weighted by Crippen LogP contribution is 2.24. The van der Waals surface area contributed by atoms with Gasteiger partial charge in [-0.05, 0) is 62.2 Å².